The van der Waals surface area contributed by atoms with Crippen molar-refractivity contribution in [2.45, 2.75) is 51.9 Å². The number of amides is 2. The number of aliphatic hydroxyl groups excluding tert-OH is 1. The Kier molecular flexibility index (Phi) is 11.3. The lowest BCUT2D eigenvalue weighted by Crippen LogP contribution is -2.32. The predicted octanol–water partition coefficient (Wildman–Crippen LogP) is 2.50. The second kappa shape index (κ2) is 12.0. The quantitative estimate of drug-likeness (QED) is 0.419. The maximum atomic E-state index is 10.8. The lowest BCUT2D eigenvalue weighted by molar-refractivity contribution is 0.220. The minimum Gasteiger partial charge on any atom is -0.376 e. The van der Waals surface area contributed by atoms with E-state index in [-0.39, 0.29) is 12.8 Å². The Labute approximate surface area is 98.1 Å². The SMILES string of the molecule is CCCCCCCC/C=C/NC(=O)NCO. The van der Waals surface area contributed by atoms with Gasteiger partial charge in [-0.1, -0.05) is 45.1 Å². The number of allylic oxidation sites excluding steroid dienone is 1. The van der Waals surface area contributed by atoms with Crippen molar-refractivity contribution in [3.05, 3.63) is 12.3 Å². The third-order valence-electron chi connectivity index (χ3n) is 2.30. The Morgan fingerprint density at radius 2 is 1.88 bits per heavy atom. The van der Waals surface area contributed by atoms with E-state index in [1.165, 1.54) is 38.5 Å². The van der Waals surface area contributed by atoms with Crippen LogP contribution in [0, 0.1) is 0 Å². The van der Waals surface area contributed by atoms with Crippen LogP contribution in [0.2, 0.25) is 0 Å². The van der Waals surface area contributed by atoms with Crippen molar-refractivity contribution in [1.29, 1.82) is 0 Å². The van der Waals surface area contributed by atoms with Crippen molar-refractivity contribution in [2.24, 2.45) is 0 Å². The number of hydrogen-bond acceptors (Lipinski definition) is 2. The Morgan fingerprint density at radius 1 is 1.19 bits per heavy atom. The number of carbonyl (C=O) groups excluding carboxylic acids is 1. The largest absolute Gasteiger partial charge is 0.376 e. The monoisotopic (exact) mass is 228 g/mol. The summed E-state index contributed by atoms with van der Waals surface area (Å²) in [5.41, 5.74) is 0. The summed E-state index contributed by atoms with van der Waals surface area (Å²) in [4.78, 5) is 10.8. The average molecular weight is 228 g/mol. The first kappa shape index (κ1) is 15.0. The Bertz CT molecular complexity index is 193. The van der Waals surface area contributed by atoms with E-state index in [9.17, 15) is 4.79 Å². The summed E-state index contributed by atoms with van der Waals surface area (Å²) < 4.78 is 0. The molecule has 0 spiro atoms. The van der Waals surface area contributed by atoms with Gasteiger partial charge in [-0.05, 0) is 12.8 Å². The second-order valence-electron chi connectivity index (χ2n) is 3.77. The van der Waals surface area contributed by atoms with E-state index in [1.807, 2.05) is 6.08 Å². The zero-order valence-electron chi connectivity index (χ0n) is 10.2. The van der Waals surface area contributed by atoms with Crippen molar-refractivity contribution in [3.8, 4) is 0 Å². The van der Waals surface area contributed by atoms with Gasteiger partial charge in [-0.2, -0.15) is 0 Å². The van der Waals surface area contributed by atoms with Crippen LogP contribution in [0.15, 0.2) is 12.3 Å². The fourth-order valence-corrected chi connectivity index (χ4v) is 1.38. The van der Waals surface area contributed by atoms with Crippen LogP contribution in [0.4, 0.5) is 4.79 Å². The fraction of sp³-hybridized carbons (Fsp3) is 0.750. The van der Waals surface area contributed by atoms with E-state index < -0.39 is 0 Å². The highest BCUT2D eigenvalue weighted by molar-refractivity contribution is 5.74. The number of urea groups is 1. The van der Waals surface area contributed by atoms with Gasteiger partial charge in [-0.15, -0.1) is 0 Å². The van der Waals surface area contributed by atoms with Crippen LogP contribution in [0.5, 0.6) is 0 Å². The molecule has 3 N–H and O–H groups in total. The molecule has 16 heavy (non-hydrogen) atoms. The summed E-state index contributed by atoms with van der Waals surface area (Å²) in [6.07, 6.45) is 12.2. The Hall–Kier alpha value is -1.03. The molecule has 0 aromatic rings. The van der Waals surface area contributed by atoms with Gasteiger partial charge in [0, 0.05) is 6.20 Å². The van der Waals surface area contributed by atoms with Gasteiger partial charge in [-0.25, -0.2) is 4.79 Å². The molecule has 0 fully saturated rings. The van der Waals surface area contributed by atoms with Crippen LogP contribution in [-0.2, 0) is 0 Å². The molecule has 0 atom stereocenters. The number of aliphatic hydroxyl groups is 1. The molecule has 94 valence electrons. The molecule has 0 aromatic carbocycles. The topological polar surface area (TPSA) is 61.4 Å². The molecule has 0 rings (SSSR count). The van der Waals surface area contributed by atoms with E-state index in [2.05, 4.69) is 17.6 Å². The molecule has 0 saturated carbocycles. The maximum Gasteiger partial charge on any atom is 0.320 e. The average Bonchev–Trinajstić information content (AvgIpc) is 2.27. The van der Waals surface area contributed by atoms with Gasteiger partial charge in [0.05, 0.1) is 0 Å². The first-order chi connectivity index (χ1) is 7.81. The molecule has 4 heteroatoms. The molecule has 0 bridgehead atoms. The number of nitrogens with one attached hydrogen (secondary N) is 2. The van der Waals surface area contributed by atoms with Crippen molar-refractivity contribution < 1.29 is 9.90 Å². The highest BCUT2D eigenvalue weighted by Gasteiger charge is 1.91. The molecule has 0 unspecified atom stereocenters. The number of hydrogen-bond donors (Lipinski definition) is 3. The van der Waals surface area contributed by atoms with Crippen molar-refractivity contribution in [3.63, 3.8) is 0 Å². The minimum absolute atomic E-state index is 0.336. The van der Waals surface area contributed by atoms with Gasteiger partial charge in [0.25, 0.3) is 0 Å². The Balaban J connectivity index is 3.18. The smallest absolute Gasteiger partial charge is 0.320 e. The molecule has 0 aliphatic heterocycles. The van der Waals surface area contributed by atoms with Gasteiger partial charge in [0.1, 0.15) is 6.73 Å². The Morgan fingerprint density at radius 3 is 2.56 bits per heavy atom. The van der Waals surface area contributed by atoms with Crippen LogP contribution >= 0.6 is 0 Å². The summed E-state index contributed by atoms with van der Waals surface area (Å²) in [5, 5.41) is 13.1. The van der Waals surface area contributed by atoms with Crippen molar-refractivity contribution in [2.75, 3.05) is 6.73 Å². The molecule has 0 aliphatic rings. The van der Waals surface area contributed by atoms with Gasteiger partial charge in [0.15, 0.2) is 0 Å². The van der Waals surface area contributed by atoms with Crippen LogP contribution in [0.25, 0.3) is 0 Å². The molecule has 4 nitrogen and oxygen atoms in total. The lowest BCUT2D eigenvalue weighted by Gasteiger charge is -1.99. The van der Waals surface area contributed by atoms with E-state index >= 15 is 0 Å². The molecule has 0 aliphatic carbocycles. The highest BCUT2D eigenvalue weighted by atomic mass is 16.3. The third kappa shape index (κ3) is 11.0. The van der Waals surface area contributed by atoms with Gasteiger partial charge >= 0.3 is 6.03 Å². The minimum atomic E-state index is -0.373. The number of rotatable bonds is 9. The fourth-order valence-electron chi connectivity index (χ4n) is 1.38. The van der Waals surface area contributed by atoms with E-state index in [0.717, 1.165) is 6.42 Å². The highest BCUT2D eigenvalue weighted by Crippen LogP contribution is 2.06. The number of carbonyl (C=O) groups is 1. The summed E-state index contributed by atoms with van der Waals surface area (Å²) in [6, 6.07) is -0.373. The summed E-state index contributed by atoms with van der Waals surface area (Å²) >= 11 is 0. The molecular weight excluding hydrogens is 204 g/mol. The summed E-state index contributed by atoms with van der Waals surface area (Å²) in [7, 11) is 0. The molecule has 0 saturated heterocycles. The molecule has 0 heterocycles. The molecule has 0 aromatic heterocycles. The van der Waals surface area contributed by atoms with E-state index in [1.54, 1.807) is 6.20 Å². The van der Waals surface area contributed by atoms with Crippen molar-refractivity contribution in [1.82, 2.24) is 10.6 Å². The standard InChI is InChI=1S/C12H24N2O2/c1-2-3-4-5-6-7-8-9-10-13-12(16)14-11-15/h9-10,15H,2-8,11H2,1H3,(H2,13,14,16)/b10-9+. The molecular formula is C12H24N2O2. The first-order valence-corrected chi connectivity index (χ1v) is 6.11. The van der Waals surface area contributed by atoms with Crippen LogP contribution in [-0.4, -0.2) is 17.9 Å². The van der Waals surface area contributed by atoms with Crippen LogP contribution < -0.4 is 10.6 Å². The lowest BCUT2D eigenvalue weighted by atomic mass is 10.1. The third-order valence-corrected chi connectivity index (χ3v) is 2.30. The van der Waals surface area contributed by atoms with Gasteiger partial charge in [0.2, 0.25) is 0 Å². The second-order valence-corrected chi connectivity index (χ2v) is 3.77. The summed E-state index contributed by atoms with van der Waals surface area (Å²) in [6.45, 7) is 1.88. The maximum absolute atomic E-state index is 10.8. The van der Waals surface area contributed by atoms with Gasteiger partial charge < -0.3 is 15.7 Å². The van der Waals surface area contributed by atoms with E-state index in [0.29, 0.717) is 0 Å². The van der Waals surface area contributed by atoms with E-state index in [4.69, 9.17) is 5.11 Å². The predicted molar refractivity (Wildman–Crippen MR) is 65.9 cm³/mol. The molecule has 2 amide bonds. The molecule has 0 radical (unpaired) electrons. The van der Waals surface area contributed by atoms with Crippen LogP contribution in [0.1, 0.15) is 51.9 Å². The normalized spacial score (nSPS) is 10.6. The number of unbranched alkanes of at least 4 members (excludes halogenated alkanes) is 6. The summed E-state index contributed by atoms with van der Waals surface area (Å²) in [5.74, 6) is 0. The zero-order valence-corrected chi connectivity index (χ0v) is 10.2. The van der Waals surface area contributed by atoms with Crippen LogP contribution in [0.3, 0.4) is 0 Å². The van der Waals surface area contributed by atoms with Crippen molar-refractivity contribution >= 4 is 6.03 Å². The van der Waals surface area contributed by atoms with Gasteiger partial charge in [-0.3, -0.25) is 0 Å². The zero-order chi connectivity index (χ0) is 12.1. The first-order valence-electron chi connectivity index (χ1n) is 6.11.